The number of nitrogens with zero attached hydrogens (tertiary/aromatic N) is 4. The van der Waals surface area contributed by atoms with Crippen molar-refractivity contribution in [1.29, 1.82) is 0 Å². The molecule has 2 aromatic heterocycles. The highest BCUT2D eigenvalue weighted by Gasteiger charge is 2.20. The van der Waals surface area contributed by atoms with Gasteiger partial charge in [0.1, 0.15) is 11.0 Å². The van der Waals surface area contributed by atoms with Crippen molar-refractivity contribution in [2.24, 2.45) is 0 Å². The number of amides is 2. The molecule has 1 aliphatic rings. The number of thiocarbonyl (C=S) groups is 1. The minimum Gasteiger partial charge on any atom is -0.434 e. The van der Waals surface area contributed by atoms with Gasteiger partial charge in [-0.3, -0.25) is 15.0 Å². The highest BCUT2D eigenvalue weighted by Crippen LogP contribution is 2.34. The molecule has 206 valence electrons. The summed E-state index contributed by atoms with van der Waals surface area (Å²) in [7, 11) is 2.04. The molecule has 0 unspecified atom stereocenters. The summed E-state index contributed by atoms with van der Waals surface area (Å²) in [6, 6.07) is 15.1. The second kappa shape index (κ2) is 12.4. The van der Waals surface area contributed by atoms with Crippen LogP contribution in [-0.2, 0) is 11.2 Å². The van der Waals surface area contributed by atoms with Gasteiger partial charge in [-0.25, -0.2) is 19.4 Å². The van der Waals surface area contributed by atoms with E-state index in [0.717, 1.165) is 31.7 Å². The van der Waals surface area contributed by atoms with E-state index < -0.39 is 5.82 Å². The number of likely N-dealkylation sites (N-methyl/N-ethyl adjacent to an activating group) is 1. The summed E-state index contributed by atoms with van der Waals surface area (Å²) in [6.07, 6.45) is 1.47. The fraction of sp³-hybridized carbons (Fsp3) is 0.222. The topological polar surface area (TPSA) is 112 Å². The van der Waals surface area contributed by atoms with E-state index in [4.69, 9.17) is 17.0 Å². The van der Waals surface area contributed by atoms with Crippen LogP contribution in [0.15, 0.2) is 60.9 Å². The SMILES string of the molecule is CN1CCN(NC(=O)c2cc3ncnc(Oc4ccc(NC(=S)NC(=O)Cc5ccccc5)cc4F)c3s2)CC1. The van der Waals surface area contributed by atoms with Gasteiger partial charge in [-0.2, -0.15) is 0 Å². The Morgan fingerprint density at radius 3 is 2.60 bits per heavy atom. The van der Waals surface area contributed by atoms with Gasteiger partial charge in [-0.05, 0) is 43.0 Å². The van der Waals surface area contributed by atoms with Gasteiger partial charge in [0.2, 0.25) is 11.8 Å². The average molecular weight is 580 g/mol. The van der Waals surface area contributed by atoms with Crippen LogP contribution < -0.4 is 20.8 Å². The van der Waals surface area contributed by atoms with Gasteiger partial charge in [0, 0.05) is 37.9 Å². The number of nitrogens with one attached hydrogen (secondary N) is 3. The third-order valence-electron chi connectivity index (χ3n) is 6.12. The monoisotopic (exact) mass is 579 g/mol. The Bertz CT molecular complexity index is 1540. The van der Waals surface area contributed by atoms with Crippen molar-refractivity contribution in [3.63, 3.8) is 0 Å². The fourth-order valence-corrected chi connectivity index (χ4v) is 5.17. The Morgan fingerprint density at radius 1 is 1.07 bits per heavy atom. The van der Waals surface area contributed by atoms with Crippen LogP contribution in [0, 0.1) is 5.82 Å². The van der Waals surface area contributed by atoms with Crippen LogP contribution in [0.1, 0.15) is 15.2 Å². The van der Waals surface area contributed by atoms with Crippen LogP contribution in [-0.4, -0.2) is 70.0 Å². The Morgan fingerprint density at radius 2 is 1.85 bits per heavy atom. The van der Waals surface area contributed by atoms with Crippen molar-refractivity contribution in [1.82, 2.24) is 30.6 Å². The molecule has 13 heteroatoms. The zero-order valence-electron chi connectivity index (χ0n) is 21.5. The lowest BCUT2D eigenvalue weighted by atomic mass is 10.1. The van der Waals surface area contributed by atoms with Crippen LogP contribution in [0.25, 0.3) is 10.2 Å². The number of rotatable bonds is 7. The Kier molecular flexibility index (Phi) is 8.55. The first-order chi connectivity index (χ1) is 19.3. The number of carbonyl (C=O) groups is 2. The van der Waals surface area contributed by atoms with E-state index in [-0.39, 0.29) is 35.0 Å². The molecule has 0 spiro atoms. The molecule has 0 saturated carbocycles. The predicted octanol–water partition coefficient (Wildman–Crippen LogP) is 3.57. The van der Waals surface area contributed by atoms with E-state index in [1.54, 1.807) is 12.1 Å². The highest BCUT2D eigenvalue weighted by molar-refractivity contribution is 7.80. The van der Waals surface area contributed by atoms with Crippen LogP contribution >= 0.6 is 23.6 Å². The van der Waals surface area contributed by atoms with Crippen LogP contribution in [0.3, 0.4) is 0 Å². The number of hydrogen-bond donors (Lipinski definition) is 3. The minimum absolute atomic E-state index is 0.0486. The smallest absolute Gasteiger partial charge is 0.275 e. The number of halogens is 1. The molecule has 4 aromatic rings. The molecule has 3 heterocycles. The normalized spacial score (nSPS) is 14.1. The second-order valence-electron chi connectivity index (χ2n) is 9.15. The van der Waals surface area contributed by atoms with Gasteiger partial charge in [0.05, 0.1) is 16.8 Å². The van der Waals surface area contributed by atoms with Crippen molar-refractivity contribution >= 4 is 56.4 Å². The summed E-state index contributed by atoms with van der Waals surface area (Å²) in [5.41, 5.74) is 4.63. The number of hydrazine groups is 1. The largest absolute Gasteiger partial charge is 0.434 e. The van der Waals surface area contributed by atoms with E-state index in [1.165, 1.54) is 29.8 Å². The number of carbonyl (C=O) groups excluding carboxylic acids is 2. The quantitative estimate of drug-likeness (QED) is 0.283. The Hall–Kier alpha value is -4.04. The first-order valence-electron chi connectivity index (χ1n) is 12.5. The predicted molar refractivity (Wildman–Crippen MR) is 155 cm³/mol. The van der Waals surface area contributed by atoms with Crippen LogP contribution in [0.2, 0.25) is 0 Å². The summed E-state index contributed by atoms with van der Waals surface area (Å²) in [5.74, 6) is -1.13. The van der Waals surface area contributed by atoms with E-state index in [0.29, 0.717) is 20.8 Å². The number of hydrogen-bond acceptors (Lipinski definition) is 9. The Balaban J connectivity index is 1.22. The third-order valence-corrected chi connectivity index (χ3v) is 7.44. The number of thiophene rings is 1. The summed E-state index contributed by atoms with van der Waals surface area (Å²) >= 11 is 6.37. The van der Waals surface area contributed by atoms with Gasteiger partial charge in [-0.1, -0.05) is 30.3 Å². The molecular formula is C27H26FN7O3S2. The Labute approximate surface area is 239 Å². The zero-order chi connectivity index (χ0) is 28.1. The number of piperazine rings is 1. The molecule has 2 amide bonds. The molecule has 0 atom stereocenters. The van der Waals surface area contributed by atoms with Crippen molar-refractivity contribution < 1.29 is 18.7 Å². The van der Waals surface area contributed by atoms with E-state index in [1.807, 2.05) is 42.4 Å². The van der Waals surface area contributed by atoms with Crippen molar-refractivity contribution in [3.8, 4) is 11.6 Å². The molecule has 40 heavy (non-hydrogen) atoms. The van der Waals surface area contributed by atoms with Crippen molar-refractivity contribution in [3.05, 3.63) is 77.2 Å². The number of anilines is 1. The first-order valence-corrected chi connectivity index (χ1v) is 13.7. The molecule has 10 nitrogen and oxygen atoms in total. The molecule has 3 N–H and O–H groups in total. The molecule has 1 fully saturated rings. The maximum atomic E-state index is 14.9. The summed E-state index contributed by atoms with van der Waals surface area (Å²) in [5, 5.41) is 7.32. The van der Waals surface area contributed by atoms with E-state index in [9.17, 15) is 14.0 Å². The summed E-state index contributed by atoms with van der Waals surface area (Å²) in [4.78, 5) is 36.1. The van der Waals surface area contributed by atoms with Crippen LogP contribution in [0.4, 0.5) is 10.1 Å². The lowest BCUT2D eigenvalue weighted by Crippen LogP contribution is -2.52. The number of fused-ring (bicyclic) bond motifs is 1. The molecule has 2 aromatic carbocycles. The number of aromatic nitrogens is 2. The summed E-state index contributed by atoms with van der Waals surface area (Å²) in [6.45, 7) is 3.20. The van der Waals surface area contributed by atoms with Gasteiger partial charge < -0.3 is 20.3 Å². The van der Waals surface area contributed by atoms with Gasteiger partial charge in [0.25, 0.3) is 5.91 Å². The molecular weight excluding hydrogens is 553 g/mol. The molecule has 0 radical (unpaired) electrons. The molecule has 1 saturated heterocycles. The average Bonchev–Trinajstić information content (AvgIpc) is 3.38. The van der Waals surface area contributed by atoms with Crippen LogP contribution in [0.5, 0.6) is 11.6 Å². The molecule has 0 bridgehead atoms. The second-order valence-corrected chi connectivity index (χ2v) is 10.6. The third kappa shape index (κ3) is 6.93. The lowest BCUT2D eigenvalue weighted by Gasteiger charge is -2.32. The van der Waals surface area contributed by atoms with Gasteiger partial charge in [-0.15, -0.1) is 11.3 Å². The van der Waals surface area contributed by atoms with E-state index >= 15 is 0 Å². The van der Waals surface area contributed by atoms with Crippen molar-refractivity contribution in [2.75, 3.05) is 38.5 Å². The zero-order valence-corrected chi connectivity index (χ0v) is 23.2. The minimum atomic E-state index is -0.667. The number of ether oxygens (including phenoxy) is 1. The van der Waals surface area contributed by atoms with Gasteiger partial charge >= 0.3 is 0 Å². The molecule has 5 rings (SSSR count). The summed E-state index contributed by atoms with van der Waals surface area (Å²) < 4.78 is 21.2. The molecule has 0 aliphatic carbocycles. The maximum Gasteiger partial charge on any atom is 0.275 e. The number of benzene rings is 2. The maximum absolute atomic E-state index is 14.9. The molecule has 1 aliphatic heterocycles. The highest BCUT2D eigenvalue weighted by atomic mass is 32.1. The standard InChI is InChI=1S/C27H26FN7O3S2/c1-34-9-11-35(12-10-34)33-25(37)22-15-20-24(40-22)26(30-16-29-20)38-21-8-7-18(14-19(21)28)31-27(39)32-23(36)13-17-5-3-2-4-6-17/h2-8,14-16H,9-13H2,1H3,(H,33,37)(H2,31,32,36,39). The van der Waals surface area contributed by atoms with Crippen molar-refractivity contribution in [2.45, 2.75) is 6.42 Å². The first kappa shape index (κ1) is 27.5. The fourth-order valence-electron chi connectivity index (χ4n) is 4.01. The van der Waals surface area contributed by atoms with Gasteiger partial charge in [0.15, 0.2) is 16.7 Å². The van der Waals surface area contributed by atoms with E-state index in [2.05, 4.69) is 30.9 Å². The lowest BCUT2D eigenvalue weighted by molar-refractivity contribution is -0.119.